The van der Waals surface area contributed by atoms with E-state index in [1.165, 1.54) is 0 Å². The largest absolute Gasteiger partial charge is 0.467 e. The van der Waals surface area contributed by atoms with Crippen LogP contribution in [-0.4, -0.2) is 21.6 Å². The van der Waals surface area contributed by atoms with Gasteiger partial charge in [-0.15, -0.1) is 10.2 Å². The Morgan fingerprint density at radius 1 is 1.07 bits per heavy atom. The zero-order valence-corrected chi connectivity index (χ0v) is 18.6. The summed E-state index contributed by atoms with van der Waals surface area (Å²) in [7, 11) is 0. The summed E-state index contributed by atoms with van der Waals surface area (Å²) >= 11 is 5.26. The van der Waals surface area contributed by atoms with E-state index in [0.717, 1.165) is 49.4 Å². The third-order valence-electron chi connectivity index (χ3n) is 4.90. The van der Waals surface area contributed by atoms with E-state index >= 15 is 0 Å². The molecule has 2 aromatic heterocycles. The second-order valence-electron chi connectivity index (χ2n) is 6.87. The Kier molecular flexibility index (Phi) is 5.26. The van der Waals surface area contributed by atoms with Gasteiger partial charge in [-0.3, -0.25) is 4.57 Å². The number of hydrogen-bond acceptors (Lipinski definition) is 6. The molecule has 0 N–H and O–H groups in total. The number of halogens is 1. The molecule has 0 atom stereocenters. The number of fused-ring (bicyclic) bond motifs is 1. The zero-order valence-electron chi connectivity index (χ0n) is 16.2. The lowest BCUT2D eigenvalue weighted by molar-refractivity contribution is 0.174. The number of ether oxygens (including phenoxy) is 2. The molecule has 2 aromatic carbocycles. The molecule has 1 aliphatic rings. The van der Waals surface area contributed by atoms with Crippen LogP contribution in [0, 0.1) is 6.92 Å². The Bertz CT molecular complexity index is 1190. The van der Waals surface area contributed by atoms with E-state index in [2.05, 4.69) is 49.8 Å². The van der Waals surface area contributed by atoms with Crippen LogP contribution in [0.1, 0.15) is 16.9 Å². The second-order valence-corrected chi connectivity index (χ2v) is 8.67. The van der Waals surface area contributed by atoms with E-state index in [1.807, 2.05) is 36.4 Å². The van der Waals surface area contributed by atoms with Crippen molar-refractivity contribution in [1.29, 1.82) is 0 Å². The molecule has 30 heavy (non-hydrogen) atoms. The summed E-state index contributed by atoms with van der Waals surface area (Å²) < 4.78 is 19.6. The summed E-state index contributed by atoms with van der Waals surface area (Å²) in [6.07, 6.45) is 1.68. The SMILES string of the molecule is Cc1ccccc1-c1nnc(SCc2cc3c(cc2Br)OCO3)n1Cc1ccco1. The molecule has 0 saturated heterocycles. The average Bonchev–Trinajstić information content (AvgIpc) is 3.49. The quantitative estimate of drug-likeness (QED) is 0.328. The van der Waals surface area contributed by atoms with Crippen molar-refractivity contribution in [3.63, 3.8) is 0 Å². The van der Waals surface area contributed by atoms with Gasteiger partial charge in [0, 0.05) is 15.8 Å². The van der Waals surface area contributed by atoms with Gasteiger partial charge in [0.1, 0.15) is 5.76 Å². The number of aromatic nitrogens is 3. The number of hydrogen-bond donors (Lipinski definition) is 0. The molecule has 0 saturated carbocycles. The molecular weight excluding hydrogens is 466 g/mol. The number of furan rings is 1. The molecule has 0 unspecified atom stereocenters. The molecule has 0 aliphatic carbocycles. The number of thioether (sulfide) groups is 1. The maximum absolute atomic E-state index is 5.59. The molecule has 0 bridgehead atoms. The summed E-state index contributed by atoms with van der Waals surface area (Å²) in [5.41, 5.74) is 3.32. The first-order valence-electron chi connectivity index (χ1n) is 9.41. The summed E-state index contributed by atoms with van der Waals surface area (Å²) in [5.74, 6) is 3.93. The number of aryl methyl sites for hydroxylation is 1. The summed E-state index contributed by atoms with van der Waals surface area (Å²) in [4.78, 5) is 0. The Labute approximate surface area is 186 Å². The van der Waals surface area contributed by atoms with E-state index in [4.69, 9.17) is 13.9 Å². The predicted molar refractivity (Wildman–Crippen MR) is 118 cm³/mol. The molecule has 0 amide bonds. The molecule has 1 aliphatic heterocycles. The van der Waals surface area contributed by atoms with Crippen molar-refractivity contribution in [2.45, 2.75) is 24.4 Å². The number of nitrogens with zero attached hydrogens (tertiary/aromatic N) is 3. The molecule has 0 fully saturated rings. The van der Waals surface area contributed by atoms with Crippen LogP contribution >= 0.6 is 27.7 Å². The van der Waals surface area contributed by atoms with Gasteiger partial charge in [0.15, 0.2) is 22.5 Å². The van der Waals surface area contributed by atoms with Crippen molar-refractivity contribution < 1.29 is 13.9 Å². The van der Waals surface area contributed by atoms with Crippen molar-refractivity contribution >= 4 is 27.7 Å². The maximum atomic E-state index is 5.59. The van der Waals surface area contributed by atoms with Gasteiger partial charge in [0.05, 0.1) is 12.8 Å². The van der Waals surface area contributed by atoms with Crippen LogP contribution in [0.4, 0.5) is 0 Å². The Morgan fingerprint density at radius 3 is 2.70 bits per heavy atom. The fourth-order valence-corrected chi connectivity index (χ4v) is 4.91. The van der Waals surface area contributed by atoms with E-state index in [1.54, 1.807) is 18.0 Å². The van der Waals surface area contributed by atoms with E-state index in [0.29, 0.717) is 12.3 Å². The van der Waals surface area contributed by atoms with Gasteiger partial charge in [0.2, 0.25) is 6.79 Å². The highest BCUT2D eigenvalue weighted by molar-refractivity contribution is 9.10. The molecule has 0 radical (unpaired) electrons. The Balaban J connectivity index is 1.47. The van der Waals surface area contributed by atoms with Gasteiger partial charge >= 0.3 is 0 Å². The Hall–Kier alpha value is -2.71. The fourth-order valence-electron chi connectivity index (χ4n) is 3.33. The lowest BCUT2D eigenvalue weighted by atomic mass is 10.1. The van der Waals surface area contributed by atoms with Gasteiger partial charge in [-0.25, -0.2) is 0 Å². The van der Waals surface area contributed by atoms with E-state index in [-0.39, 0.29) is 6.79 Å². The first kappa shape index (κ1) is 19.3. The van der Waals surface area contributed by atoms with Gasteiger partial charge in [-0.1, -0.05) is 52.0 Å². The summed E-state index contributed by atoms with van der Waals surface area (Å²) in [5, 5.41) is 9.84. The number of rotatable bonds is 6. The molecule has 3 heterocycles. The zero-order chi connectivity index (χ0) is 20.5. The second kappa shape index (κ2) is 8.20. The fraction of sp³-hybridized carbons (Fsp3) is 0.182. The minimum absolute atomic E-state index is 0.260. The van der Waals surface area contributed by atoms with Crippen LogP contribution in [0.5, 0.6) is 11.5 Å². The van der Waals surface area contributed by atoms with Gasteiger partial charge < -0.3 is 13.9 Å². The van der Waals surface area contributed by atoms with Crippen molar-refractivity contribution in [2.75, 3.05) is 6.79 Å². The van der Waals surface area contributed by atoms with E-state index < -0.39 is 0 Å². The first-order chi connectivity index (χ1) is 14.7. The summed E-state index contributed by atoms with van der Waals surface area (Å²) in [6, 6.07) is 16.0. The van der Waals surface area contributed by atoms with Crippen LogP contribution in [-0.2, 0) is 12.3 Å². The predicted octanol–water partition coefficient (Wildman–Crippen LogP) is 5.68. The standard InChI is InChI=1S/C22H18BrN3O3S/c1-14-5-2-3-7-17(14)21-24-25-22(26(21)11-16-6-4-8-27-16)30-12-15-9-19-20(10-18(15)23)29-13-28-19/h2-10H,11-13H2,1H3. The minimum Gasteiger partial charge on any atom is -0.467 e. The molecule has 152 valence electrons. The first-order valence-corrected chi connectivity index (χ1v) is 11.2. The normalized spacial score (nSPS) is 12.5. The summed E-state index contributed by atoms with van der Waals surface area (Å²) in [6.45, 7) is 2.90. The highest BCUT2D eigenvalue weighted by Gasteiger charge is 2.20. The minimum atomic E-state index is 0.260. The third kappa shape index (κ3) is 3.73. The highest BCUT2D eigenvalue weighted by atomic mass is 79.9. The van der Waals surface area contributed by atoms with Crippen LogP contribution < -0.4 is 9.47 Å². The topological polar surface area (TPSA) is 62.3 Å². The van der Waals surface area contributed by atoms with Gasteiger partial charge in [-0.05, 0) is 42.3 Å². The highest BCUT2D eigenvalue weighted by Crippen LogP contribution is 2.39. The van der Waals surface area contributed by atoms with Crippen molar-refractivity contribution in [3.05, 3.63) is 76.2 Å². The molecule has 8 heteroatoms. The molecule has 6 nitrogen and oxygen atoms in total. The lowest BCUT2D eigenvalue weighted by Crippen LogP contribution is -2.04. The molecular formula is C22H18BrN3O3S. The van der Waals surface area contributed by atoms with Crippen molar-refractivity contribution in [3.8, 4) is 22.9 Å². The van der Waals surface area contributed by atoms with Crippen LogP contribution in [0.25, 0.3) is 11.4 Å². The van der Waals surface area contributed by atoms with Crippen LogP contribution in [0.15, 0.2) is 68.8 Å². The lowest BCUT2D eigenvalue weighted by Gasteiger charge is -2.11. The number of benzene rings is 2. The van der Waals surface area contributed by atoms with Gasteiger partial charge in [-0.2, -0.15) is 0 Å². The monoisotopic (exact) mass is 483 g/mol. The smallest absolute Gasteiger partial charge is 0.231 e. The molecule has 0 spiro atoms. The third-order valence-corrected chi connectivity index (χ3v) is 6.65. The average molecular weight is 484 g/mol. The van der Waals surface area contributed by atoms with Gasteiger partial charge in [0.25, 0.3) is 0 Å². The van der Waals surface area contributed by atoms with Crippen LogP contribution in [0.3, 0.4) is 0 Å². The van der Waals surface area contributed by atoms with Crippen LogP contribution in [0.2, 0.25) is 0 Å². The molecule has 4 aromatic rings. The molecule has 5 rings (SSSR count). The van der Waals surface area contributed by atoms with E-state index in [9.17, 15) is 0 Å². The maximum Gasteiger partial charge on any atom is 0.231 e. The Morgan fingerprint density at radius 2 is 1.90 bits per heavy atom. The van der Waals surface area contributed by atoms with Crippen molar-refractivity contribution in [1.82, 2.24) is 14.8 Å². The van der Waals surface area contributed by atoms with Crippen molar-refractivity contribution in [2.24, 2.45) is 0 Å².